The molecule has 0 spiro atoms. The number of pyridine rings is 1. The fourth-order valence-corrected chi connectivity index (χ4v) is 3.97. The van der Waals surface area contributed by atoms with Crippen molar-refractivity contribution in [1.82, 2.24) is 14.3 Å². The number of ether oxygens (including phenoxy) is 3. The van der Waals surface area contributed by atoms with Gasteiger partial charge >= 0.3 is 6.61 Å². The van der Waals surface area contributed by atoms with Crippen LogP contribution in [0.2, 0.25) is 5.02 Å². The minimum atomic E-state index is -3.07. The van der Waals surface area contributed by atoms with Crippen molar-refractivity contribution >= 4 is 23.2 Å². The molecule has 1 N–H and O–H groups in total. The van der Waals surface area contributed by atoms with Gasteiger partial charge in [-0.05, 0) is 30.3 Å². The molecule has 0 fully saturated rings. The number of methoxy groups -OCH3 is 2. The second-order valence-corrected chi connectivity index (χ2v) is 8.25. The zero-order chi connectivity index (χ0) is 28.4. The minimum absolute atomic E-state index is 0.00628. The number of carbonyl (C=O) groups excluding carboxylic acids is 1. The molecule has 0 radical (unpaired) electrons. The number of anilines is 1. The molecule has 14 heteroatoms. The monoisotopic (exact) mass is 566 g/mol. The summed E-state index contributed by atoms with van der Waals surface area (Å²) in [4.78, 5) is 30.9. The van der Waals surface area contributed by atoms with Crippen LogP contribution in [0.4, 0.5) is 23.2 Å². The van der Waals surface area contributed by atoms with Gasteiger partial charge in [-0.3, -0.25) is 14.3 Å². The average molecular weight is 567 g/mol. The first kappa shape index (κ1) is 27.5. The highest BCUT2D eigenvalue weighted by atomic mass is 35.5. The van der Waals surface area contributed by atoms with Crippen molar-refractivity contribution in [3.05, 3.63) is 81.1 Å². The summed E-state index contributed by atoms with van der Waals surface area (Å²) in [5.74, 6) is -3.44. The Bertz CT molecular complexity index is 1580. The van der Waals surface area contributed by atoms with Crippen molar-refractivity contribution in [2.75, 3.05) is 19.5 Å². The Morgan fingerprint density at radius 1 is 1.00 bits per heavy atom. The Balaban J connectivity index is 1.91. The normalized spacial score (nSPS) is 11.0. The fourth-order valence-electron chi connectivity index (χ4n) is 3.79. The Morgan fingerprint density at radius 2 is 1.64 bits per heavy atom. The summed E-state index contributed by atoms with van der Waals surface area (Å²) >= 11 is 6.29. The van der Waals surface area contributed by atoms with Gasteiger partial charge in [-0.25, -0.2) is 8.78 Å². The topological polar surface area (TPSA) is 96.6 Å². The highest BCUT2D eigenvalue weighted by Crippen LogP contribution is 2.35. The van der Waals surface area contributed by atoms with Gasteiger partial charge in [0, 0.05) is 30.8 Å². The van der Waals surface area contributed by atoms with Crippen LogP contribution in [0, 0.1) is 11.6 Å². The van der Waals surface area contributed by atoms with Gasteiger partial charge in [-0.1, -0.05) is 11.6 Å². The lowest BCUT2D eigenvalue weighted by Gasteiger charge is -2.13. The molecular weight excluding hydrogens is 548 g/mol. The third kappa shape index (κ3) is 5.39. The molecule has 0 bridgehead atoms. The number of hydrogen-bond acceptors (Lipinski definition) is 6. The van der Waals surface area contributed by atoms with Crippen LogP contribution in [0.5, 0.6) is 17.4 Å². The fraction of sp³-hybridized carbons (Fsp3) is 0.160. The van der Waals surface area contributed by atoms with E-state index in [0.717, 1.165) is 33.6 Å². The molecule has 0 saturated carbocycles. The van der Waals surface area contributed by atoms with E-state index >= 15 is 8.78 Å². The lowest BCUT2D eigenvalue weighted by Crippen LogP contribution is -2.24. The quantitative estimate of drug-likeness (QED) is 0.300. The number of hydrogen-bond donors (Lipinski definition) is 1. The number of carbonyl (C=O) groups is 1. The molecule has 4 aromatic rings. The van der Waals surface area contributed by atoms with E-state index in [1.807, 2.05) is 0 Å². The van der Waals surface area contributed by atoms with Crippen molar-refractivity contribution in [3.8, 4) is 34.5 Å². The average Bonchev–Trinajstić information content (AvgIpc) is 3.12. The maximum absolute atomic E-state index is 15.2. The summed E-state index contributed by atoms with van der Waals surface area (Å²) in [5, 5.41) is 2.36. The molecule has 1 amide bonds. The van der Waals surface area contributed by atoms with Gasteiger partial charge in [0.2, 0.25) is 5.88 Å². The summed E-state index contributed by atoms with van der Waals surface area (Å²) in [6.45, 7) is -3.07. The molecule has 0 aliphatic carbocycles. The lowest BCUT2D eigenvalue weighted by molar-refractivity contribution is -0.0498. The van der Waals surface area contributed by atoms with Crippen LogP contribution in [-0.2, 0) is 7.05 Å². The van der Waals surface area contributed by atoms with E-state index in [-0.39, 0.29) is 39.5 Å². The second kappa shape index (κ2) is 11.1. The molecule has 4 rings (SSSR count). The second-order valence-electron chi connectivity index (χ2n) is 7.85. The highest BCUT2D eigenvalue weighted by Gasteiger charge is 2.29. The minimum Gasteiger partial charge on any atom is -0.497 e. The van der Waals surface area contributed by atoms with Crippen molar-refractivity contribution in [1.29, 1.82) is 0 Å². The van der Waals surface area contributed by atoms with Crippen molar-refractivity contribution in [2.24, 2.45) is 7.05 Å². The van der Waals surface area contributed by atoms with Crippen LogP contribution in [0.25, 0.3) is 17.1 Å². The largest absolute Gasteiger partial charge is 0.497 e. The molecule has 2 aromatic carbocycles. The summed E-state index contributed by atoms with van der Waals surface area (Å²) in [6.07, 6.45) is 0. The summed E-state index contributed by atoms with van der Waals surface area (Å²) in [6, 6.07) is 9.23. The van der Waals surface area contributed by atoms with Crippen LogP contribution in [0.1, 0.15) is 10.4 Å². The van der Waals surface area contributed by atoms with E-state index in [2.05, 4.69) is 15.0 Å². The maximum Gasteiger partial charge on any atom is 0.387 e. The standard InChI is InChI=1S/C25H19ClF4N4O5/c1-33-21(19-16(27)10-14(37-2)11-17(19)28)20(24(36)34(33)22-15(26)8-9-18(31-22)38-3)32-23(35)12-4-6-13(7-5-12)39-25(29)30/h4-11,25H,1-3H3,(H,32,35). The third-order valence-electron chi connectivity index (χ3n) is 5.55. The van der Waals surface area contributed by atoms with Gasteiger partial charge in [0.1, 0.15) is 34.5 Å². The number of rotatable bonds is 8. The zero-order valence-corrected chi connectivity index (χ0v) is 21.2. The van der Waals surface area contributed by atoms with Crippen LogP contribution >= 0.6 is 11.6 Å². The molecule has 0 unspecified atom stereocenters. The van der Waals surface area contributed by atoms with E-state index in [4.69, 9.17) is 21.1 Å². The molecule has 0 aliphatic rings. The van der Waals surface area contributed by atoms with E-state index in [1.54, 1.807) is 0 Å². The van der Waals surface area contributed by atoms with Crippen LogP contribution < -0.4 is 25.1 Å². The predicted molar refractivity (Wildman–Crippen MR) is 133 cm³/mol. The molecule has 39 heavy (non-hydrogen) atoms. The SMILES string of the molecule is COc1cc(F)c(-c2c(NC(=O)c3ccc(OC(F)F)cc3)c(=O)n(-c3nc(OC)ccc3Cl)n2C)c(F)c1. The molecule has 0 saturated heterocycles. The molecule has 204 valence electrons. The van der Waals surface area contributed by atoms with E-state index in [0.29, 0.717) is 0 Å². The highest BCUT2D eigenvalue weighted by molar-refractivity contribution is 6.32. The molecule has 2 heterocycles. The Kier molecular flexibility index (Phi) is 7.81. The number of nitrogens with zero attached hydrogens (tertiary/aromatic N) is 3. The van der Waals surface area contributed by atoms with Crippen molar-refractivity contribution in [2.45, 2.75) is 6.61 Å². The van der Waals surface area contributed by atoms with Gasteiger partial charge in [0.05, 0.1) is 24.8 Å². The lowest BCUT2D eigenvalue weighted by atomic mass is 10.1. The van der Waals surface area contributed by atoms with Gasteiger partial charge in [0.15, 0.2) is 5.82 Å². The van der Waals surface area contributed by atoms with E-state index in [9.17, 15) is 18.4 Å². The van der Waals surface area contributed by atoms with Crippen LogP contribution in [-0.4, -0.2) is 41.1 Å². The number of aromatic nitrogens is 3. The summed E-state index contributed by atoms with van der Waals surface area (Å²) < 4.78 is 71.5. The Hall–Kier alpha value is -4.52. The number of halogens is 5. The molecule has 2 aromatic heterocycles. The zero-order valence-electron chi connectivity index (χ0n) is 20.5. The molecular formula is C25H19ClF4N4O5. The Labute approximate surface area is 223 Å². The van der Waals surface area contributed by atoms with Crippen molar-refractivity contribution < 1.29 is 36.6 Å². The smallest absolute Gasteiger partial charge is 0.387 e. The number of alkyl halides is 2. The summed E-state index contributed by atoms with van der Waals surface area (Å²) in [7, 11) is 3.87. The Morgan fingerprint density at radius 3 is 2.21 bits per heavy atom. The van der Waals surface area contributed by atoms with Gasteiger partial charge in [0.25, 0.3) is 11.5 Å². The van der Waals surface area contributed by atoms with Gasteiger partial charge < -0.3 is 19.5 Å². The molecule has 0 atom stereocenters. The molecule has 9 nitrogen and oxygen atoms in total. The number of amides is 1. The van der Waals surface area contributed by atoms with Crippen LogP contribution in [0.3, 0.4) is 0 Å². The molecule has 0 aliphatic heterocycles. The van der Waals surface area contributed by atoms with Gasteiger partial charge in [-0.15, -0.1) is 0 Å². The predicted octanol–water partition coefficient (Wildman–Crippen LogP) is 5.04. The number of benzene rings is 2. The third-order valence-corrected chi connectivity index (χ3v) is 5.84. The van der Waals surface area contributed by atoms with E-state index in [1.165, 1.54) is 45.5 Å². The van der Waals surface area contributed by atoms with Crippen molar-refractivity contribution in [3.63, 3.8) is 0 Å². The summed E-state index contributed by atoms with van der Waals surface area (Å²) in [5.41, 5.74) is -2.52. The number of nitrogens with one attached hydrogen (secondary N) is 1. The van der Waals surface area contributed by atoms with Crippen LogP contribution in [0.15, 0.2) is 53.3 Å². The van der Waals surface area contributed by atoms with E-state index < -0.39 is 41.0 Å². The van der Waals surface area contributed by atoms with Gasteiger partial charge in [-0.2, -0.15) is 18.4 Å². The first-order chi connectivity index (χ1) is 18.5. The maximum atomic E-state index is 15.2. The first-order valence-electron chi connectivity index (χ1n) is 11.0. The first-order valence-corrected chi connectivity index (χ1v) is 11.4.